The minimum absolute atomic E-state index is 0.0138. The zero-order valence-electron chi connectivity index (χ0n) is 20.0. The van der Waals surface area contributed by atoms with Gasteiger partial charge in [0.1, 0.15) is 11.9 Å². The van der Waals surface area contributed by atoms with E-state index in [1.807, 2.05) is 31.2 Å². The summed E-state index contributed by atoms with van der Waals surface area (Å²) in [5.74, 6) is 0.587. The summed E-state index contributed by atoms with van der Waals surface area (Å²) in [6.45, 7) is 3.17. The Labute approximate surface area is 219 Å². The lowest BCUT2D eigenvalue weighted by atomic mass is 9.71. The van der Waals surface area contributed by atoms with Crippen LogP contribution in [0.2, 0.25) is 10.0 Å². The van der Waals surface area contributed by atoms with Crippen molar-refractivity contribution in [3.05, 3.63) is 76.1 Å². The van der Waals surface area contributed by atoms with Crippen LogP contribution < -0.4 is 9.64 Å². The number of ether oxygens (including phenoxy) is 1. The smallest absolute Gasteiger partial charge is 0.292 e. The number of benzene rings is 2. The number of likely N-dealkylation sites (tertiary alicyclic amines) is 1. The van der Waals surface area contributed by atoms with Crippen molar-refractivity contribution >= 4 is 40.7 Å². The molecule has 0 aliphatic carbocycles. The van der Waals surface area contributed by atoms with Crippen molar-refractivity contribution in [1.29, 1.82) is 0 Å². The maximum absolute atomic E-state index is 14.0. The zero-order valence-corrected chi connectivity index (χ0v) is 21.5. The van der Waals surface area contributed by atoms with Crippen molar-refractivity contribution < 1.29 is 18.8 Å². The molecule has 7 nitrogen and oxygen atoms in total. The lowest BCUT2D eigenvalue weighted by Crippen LogP contribution is -2.61. The first-order valence-corrected chi connectivity index (χ1v) is 12.9. The molecule has 3 aromatic rings. The van der Waals surface area contributed by atoms with Crippen LogP contribution in [0.3, 0.4) is 0 Å². The van der Waals surface area contributed by atoms with Crippen molar-refractivity contribution in [2.24, 2.45) is 5.41 Å². The molecule has 2 saturated heterocycles. The number of carbonyl (C=O) groups excluding carboxylic acids is 2. The van der Waals surface area contributed by atoms with Gasteiger partial charge in [-0.05, 0) is 61.7 Å². The predicted molar refractivity (Wildman–Crippen MR) is 138 cm³/mol. The van der Waals surface area contributed by atoms with Crippen molar-refractivity contribution in [3.8, 4) is 5.75 Å². The Kier molecular flexibility index (Phi) is 6.95. The minimum atomic E-state index is -0.789. The topological polar surface area (TPSA) is 75.9 Å². The van der Waals surface area contributed by atoms with Crippen LogP contribution in [0.25, 0.3) is 0 Å². The van der Waals surface area contributed by atoms with Gasteiger partial charge < -0.3 is 19.1 Å². The highest BCUT2D eigenvalue weighted by atomic mass is 35.5. The fourth-order valence-electron chi connectivity index (χ4n) is 5.20. The van der Waals surface area contributed by atoms with Crippen LogP contribution in [0, 0.1) is 5.41 Å². The molecule has 0 unspecified atom stereocenters. The third-order valence-corrected chi connectivity index (χ3v) is 7.42. The van der Waals surface area contributed by atoms with E-state index in [0.717, 1.165) is 11.4 Å². The molecule has 0 N–H and O–H groups in total. The Morgan fingerprint density at radius 2 is 1.97 bits per heavy atom. The van der Waals surface area contributed by atoms with Gasteiger partial charge in [0.05, 0.1) is 17.7 Å². The molecule has 2 aromatic carbocycles. The molecule has 1 aromatic heterocycles. The molecular weight excluding hydrogens is 501 g/mol. The van der Waals surface area contributed by atoms with E-state index >= 15 is 0 Å². The predicted octanol–water partition coefficient (Wildman–Crippen LogP) is 5.65. The molecule has 5 rings (SSSR count). The fraction of sp³-hybridized carbons (Fsp3) is 0.370. The standard InChI is InChI=1S/C27H27Cl2N3O4/c1-2-20-14-24(36-30-20)25(33)31-12-4-11-27(17-31)15-23(35-22-6-3-5-19(29)13-22)16-32(26(27)34)21-9-7-18(28)8-10-21/h3,5-10,13-14,23H,2,4,11-12,15-17H2,1H3/t23-,27-/m1/s1. The highest BCUT2D eigenvalue weighted by Crippen LogP contribution is 2.42. The second-order valence-electron chi connectivity index (χ2n) is 9.44. The van der Waals surface area contributed by atoms with Gasteiger partial charge in [-0.2, -0.15) is 0 Å². The van der Waals surface area contributed by atoms with Gasteiger partial charge >= 0.3 is 0 Å². The SMILES string of the molecule is CCc1cc(C(=O)N2CCC[C@@]3(C[C@@H](Oc4cccc(Cl)c4)CN(c4ccc(Cl)cc4)C3=O)C2)on1. The monoisotopic (exact) mass is 527 g/mol. The highest BCUT2D eigenvalue weighted by Gasteiger charge is 2.51. The van der Waals surface area contributed by atoms with Gasteiger partial charge in [0.15, 0.2) is 0 Å². The van der Waals surface area contributed by atoms with Gasteiger partial charge in [-0.25, -0.2) is 0 Å². The summed E-state index contributed by atoms with van der Waals surface area (Å²) in [6.07, 6.45) is 2.24. The summed E-state index contributed by atoms with van der Waals surface area (Å²) < 4.78 is 11.6. The number of aryl methyl sites for hydroxylation is 1. The number of amides is 2. The van der Waals surface area contributed by atoms with E-state index in [1.54, 1.807) is 40.1 Å². The van der Waals surface area contributed by atoms with Crippen molar-refractivity contribution in [2.45, 2.75) is 38.7 Å². The van der Waals surface area contributed by atoms with E-state index in [9.17, 15) is 9.59 Å². The van der Waals surface area contributed by atoms with Crippen LogP contribution >= 0.6 is 23.2 Å². The molecule has 0 saturated carbocycles. The normalized spacial score (nSPS) is 22.2. The lowest BCUT2D eigenvalue weighted by molar-refractivity contribution is -0.136. The molecule has 0 radical (unpaired) electrons. The molecule has 2 aliphatic rings. The third kappa shape index (κ3) is 4.95. The first kappa shape index (κ1) is 24.7. The molecule has 2 aliphatic heterocycles. The molecule has 2 atom stereocenters. The molecule has 3 heterocycles. The quantitative estimate of drug-likeness (QED) is 0.428. The average molecular weight is 528 g/mol. The highest BCUT2D eigenvalue weighted by molar-refractivity contribution is 6.31. The first-order chi connectivity index (χ1) is 17.4. The summed E-state index contributed by atoms with van der Waals surface area (Å²) in [5.41, 5.74) is 0.681. The van der Waals surface area contributed by atoms with Gasteiger partial charge in [-0.15, -0.1) is 0 Å². The van der Waals surface area contributed by atoms with Gasteiger partial charge in [-0.3, -0.25) is 9.59 Å². The maximum Gasteiger partial charge on any atom is 0.292 e. The Bertz CT molecular complexity index is 1260. The van der Waals surface area contributed by atoms with Crippen LogP contribution in [-0.2, 0) is 11.2 Å². The number of carbonyl (C=O) groups is 2. The van der Waals surface area contributed by atoms with Gasteiger partial charge in [-0.1, -0.05) is 41.3 Å². The van der Waals surface area contributed by atoms with E-state index in [2.05, 4.69) is 5.16 Å². The van der Waals surface area contributed by atoms with Gasteiger partial charge in [0, 0.05) is 41.3 Å². The van der Waals surface area contributed by atoms with Gasteiger partial charge in [0.25, 0.3) is 5.91 Å². The largest absolute Gasteiger partial charge is 0.488 e. The van der Waals surface area contributed by atoms with E-state index in [-0.39, 0.29) is 30.2 Å². The van der Waals surface area contributed by atoms with Crippen LogP contribution in [0.15, 0.2) is 59.1 Å². The molecule has 0 bridgehead atoms. The minimum Gasteiger partial charge on any atom is -0.488 e. The Hall–Kier alpha value is -3.03. The summed E-state index contributed by atoms with van der Waals surface area (Å²) >= 11 is 12.3. The summed E-state index contributed by atoms with van der Waals surface area (Å²) in [4.78, 5) is 30.8. The number of nitrogens with zero attached hydrogens (tertiary/aromatic N) is 3. The zero-order chi connectivity index (χ0) is 25.3. The van der Waals surface area contributed by atoms with Crippen molar-refractivity contribution in [1.82, 2.24) is 10.1 Å². The molecule has 36 heavy (non-hydrogen) atoms. The number of rotatable bonds is 5. The van der Waals surface area contributed by atoms with Gasteiger partial charge in [0.2, 0.25) is 11.7 Å². The van der Waals surface area contributed by atoms with Crippen LogP contribution in [0.4, 0.5) is 5.69 Å². The number of anilines is 1. The van der Waals surface area contributed by atoms with Crippen molar-refractivity contribution in [3.63, 3.8) is 0 Å². The Morgan fingerprint density at radius 1 is 1.17 bits per heavy atom. The molecule has 2 amide bonds. The van der Waals surface area contributed by atoms with E-state index in [1.165, 1.54) is 0 Å². The summed E-state index contributed by atoms with van der Waals surface area (Å²) in [6, 6.07) is 16.1. The molecule has 1 spiro atoms. The lowest BCUT2D eigenvalue weighted by Gasteiger charge is -2.49. The number of aromatic nitrogens is 1. The molecular formula is C27H27Cl2N3O4. The number of halogens is 2. The van der Waals surface area contributed by atoms with Crippen molar-refractivity contribution in [2.75, 3.05) is 24.5 Å². The van der Waals surface area contributed by atoms with Crippen LogP contribution in [-0.4, -0.2) is 47.6 Å². The summed E-state index contributed by atoms with van der Waals surface area (Å²) in [7, 11) is 0. The number of piperidine rings is 2. The van der Waals surface area contributed by atoms with E-state index < -0.39 is 5.41 Å². The molecule has 2 fully saturated rings. The second-order valence-corrected chi connectivity index (χ2v) is 10.3. The average Bonchev–Trinajstić information content (AvgIpc) is 3.36. The van der Waals surface area contributed by atoms with E-state index in [0.29, 0.717) is 54.6 Å². The molecule has 188 valence electrons. The fourth-order valence-corrected chi connectivity index (χ4v) is 5.50. The maximum atomic E-state index is 14.0. The number of hydrogen-bond donors (Lipinski definition) is 0. The summed E-state index contributed by atoms with van der Waals surface area (Å²) in [5, 5.41) is 5.13. The van der Waals surface area contributed by atoms with Crippen LogP contribution in [0.1, 0.15) is 42.4 Å². The van der Waals surface area contributed by atoms with Crippen LogP contribution in [0.5, 0.6) is 5.75 Å². The Balaban J connectivity index is 1.45. The van der Waals surface area contributed by atoms with E-state index in [4.69, 9.17) is 32.5 Å². The first-order valence-electron chi connectivity index (χ1n) is 12.1. The second kappa shape index (κ2) is 10.1. The number of hydrogen-bond acceptors (Lipinski definition) is 5. The molecule has 9 heteroatoms. The Morgan fingerprint density at radius 3 is 2.69 bits per heavy atom. The third-order valence-electron chi connectivity index (χ3n) is 6.94.